The predicted octanol–water partition coefficient (Wildman–Crippen LogP) is 6.20. The lowest BCUT2D eigenvalue weighted by Gasteiger charge is -2.23. The summed E-state index contributed by atoms with van der Waals surface area (Å²) in [5, 5.41) is 0. The molecule has 0 saturated heterocycles. The SMILES string of the molecule is Cc1ccc(-c2ccc(C(C)CC(C)(C)C)cc2)cc1. The third-order valence-corrected chi connectivity index (χ3v) is 3.78. The summed E-state index contributed by atoms with van der Waals surface area (Å²) < 4.78 is 0. The Balaban J connectivity index is 2.16. The summed E-state index contributed by atoms with van der Waals surface area (Å²) in [6, 6.07) is 17.8. The van der Waals surface area contributed by atoms with Crippen molar-refractivity contribution in [3.63, 3.8) is 0 Å². The van der Waals surface area contributed by atoms with Crippen molar-refractivity contribution in [2.24, 2.45) is 5.41 Å². The maximum atomic E-state index is 2.33. The topological polar surface area (TPSA) is 0 Å². The maximum absolute atomic E-state index is 2.33. The van der Waals surface area contributed by atoms with E-state index in [1.165, 1.54) is 28.7 Å². The van der Waals surface area contributed by atoms with E-state index < -0.39 is 0 Å². The van der Waals surface area contributed by atoms with Crippen molar-refractivity contribution in [1.82, 2.24) is 0 Å². The molecular formula is C20H26. The standard InChI is InChI=1S/C20H26/c1-15-6-8-18(9-7-15)19-12-10-17(11-13-19)16(2)14-20(3,4)5/h6-13,16H,14H2,1-5H3. The summed E-state index contributed by atoms with van der Waals surface area (Å²) in [5.74, 6) is 0.613. The molecule has 0 aliphatic heterocycles. The third-order valence-electron chi connectivity index (χ3n) is 3.78. The van der Waals surface area contributed by atoms with E-state index in [-0.39, 0.29) is 0 Å². The van der Waals surface area contributed by atoms with Crippen molar-refractivity contribution in [3.05, 3.63) is 59.7 Å². The second kappa shape index (κ2) is 5.83. The molecule has 0 heteroatoms. The average molecular weight is 266 g/mol. The molecule has 0 fully saturated rings. The van der Waals surface area contributed by atoms with Crippen LogP contribution in [-0.4, -0.2) is 0 Å². The van der Waals surface area contributed by atoms with Gasteiger partial charge in [0.1, 0.15) is 0 Å². The Morgan fingerprint density at radius 3 is 1.70 bits per heavy atom. The summed E-state index contributed by atoms with van der Waals surface area (Å²) in [4.78, 5) is 0. The van der Waals surface area contributed by atoms with Crippen molar-refractivity contribution >= 4 is 0 Å². The molecule has 0 aliphatic carbocycles. The number of hydrogen-bond acceptors (Lipinski definition) is 0. The predicted molar refractivity (Wildman–Crippen MR) is 89.1 cm³/mol. The Hall–Kier alpha value is -1.56. The second-order valence-corrected chi connectivity index (χ2v) is 7.15. The van der Waals surface area contributed by atoms with E-state index in [0.717, 1.165) is 0 Å². The summed E-state index contributed by atoms with van der Waals surface area (Å²) in [6.07, 6.45) is 1.22. The fraction of sp³-hybridized carbons (Fsp3) is 0.400. The minimum Gasteiger partial charge on any atom is -0.0602 e. The highest BCUT2D eigenvalue weighted by Crippen LogP contribution is 2.31. The van der Waals surface area contributed by atoms with Crippen molar-refractivity contribution in [2.45, 2.75) is 47.0 Å². The fourth-order valence-corrected chi connectivity index (χ4v) is 2.79. The molecule has 2 aromatic rings. The molecule has 1 unspecified atom stereocenters. The van der Waals surface area contributed by atoms with E-state index in [1.54, 1.807) is 0 Å². The fourth-order valence-electron chi connectivity index (χ4n) is 2.79. The van der Waals surface area contributed by atoms with Crippen LogP contribution < -0.4 is 0 Å². The molecule has 106 valence electrons. The lowest BCUT2D eigenvalue weighted by Crippen LogP contribution is -2.09. The largest absolute Gasteiger partial charge is 0.0602 e. The van der Waals surface area contributed by atoms with Crippen LogP contribution in [0.3, 0.4) is 0 Å². The summed E-state index contributed by atoms with van der Waals surface area (Å²) >= 11 is 0. The van der Waals surface area contributed by atoms with Gasteiger partial charge in [-0.05, 0) is 41.4 Å². The normalized spacial score (nSPS) is 13.2. The maximum Gasteiger partial charge on any atom is -0.0184 e. The molecule has 0 aliphatic rings. The highest BCUT2D eigenvalue weighted by Gasteiger charge is 2.16. The molecule has 0 aromatic heterocycles. The second-order valence-electron chi connectivity index (χ2n) is 7.15. The molecule has 0 heterocycles. The van der Waals surface area contributed by atoms with Gasteiger partial charge >= 0.3 is 0 Å². The molecule has 20 heavy (non-hydrogen) atoms. The molecule has 0 radical (unpaired) electrons. The first-order valence-corrected chi connectivity index (χ1v) is 7.52. The van der Waals surface area contributed by atoms with Crippen LogP contribution in [0.5, 0.6) is 0 Å². The van der Waals surface area contributed by atoms with Gasteiger partial charge in [-0.15, -0.1) is 0 Å². The van der Waals surface area contributed by atoms with Crippen molar-refractivity contribution in [2.75, 3.05) is 0 Å². The summed E-state index contributed by atoms with van der Waals surface area (Å²) in [6.45, 7) is 11.4. The van der Waals surface area contributed by atoms with Crippen LogP contribution in [0.1, 0.15) is 51.2 Å². The van der Waals surface area contributed by atoms with Crippen molar-refractivity contribution < 1.29 is 0 Å². The van der Waals surface area contributed by atoms with Gasteiger partial charge in [0.05, 0.1) is 0 Å². The molecule has 1 atom stereocenters. The van der Waals surface area contributed by atoms with Gasteiger partial charge in [0.15, 0.2) is 0 Å². The van der Waals surface area contributed by atoms with Crippen LogP contribution in [0.25, 0.3) is 11.1 Å². The van der Waals surface area contributed by atoms with Crippen molar-refractivity contribution in [3.8, 4) is 11.1 Å². The van der Waals surface area contributed by atoms with E-state index >= 15 is 0 Å². The molecule has 0 bridgehead atoms. The molecule has 0 nitrogen and oxygen atoms in total. The lowest BCUT2D eigenvalue weighted by molar-refractivity contribution is 0.349. The number of aryl methyl sites for hydroxylation is 1. The molecule has 2 aromatic carbocycles. The average Bonchev–Trinajstić information content (AvgIpc) is 2.38. The monoisotopic (exact) mass is 266 g/mol. The van der Waals surface area contributed by atoms with Crippen LogP contribution in [-0.2, 0) is 0 Å². The smallest absolute Gasteiger partial charge is 0.0184 e. The van der Waals surface area contributed by atoms with E-state index in [9.17, 15) is 0 Å². The molecule has 0 saturated carbocycles. The number of benzene rings is 2. The van der Waals surface area contributed by atoms with Gasteiger partial charge in [-0.2, -0.15) is 0 Å². The van der Waals surface area contributed by atoms with Crippen LogP contribution in [0.15, 0.2) is 48.5 Å². The molecule has 2 rings (SSSR count). The first kappa shape index (κ1) is 14.8. The quantitative estimate of drug-likeness (QED) is 0.620. The zero-order valence-electron chi connectivity index (χ0n) is 13.4. The summed E-state index contributed by atoms with van der Waals surface area (Å²) in [7, 11) is 0. The van der Waals surface area contributed by atoms with Crippen LogP contribution >= 0.6 is 0 Å². The molecule has 0 amide bonds. The van der Waals surface area contributed by atoms with E-state index in [4.69, 9.17) is 0 Å². The Morgan fingerprint density at radius 2 is 1.25 bits per heavy atom. The van der Waals surface area contributed by atoms with Gasteiger partial charge in [0.2, 0.25) is 0 Å². The van der Waals surface area contributed by atoms with E-state index in [0.29, 0.717) is 11.3 Å². The van der Waals surface area contributed by atoms with Crippen LogP contribution in [0.4, 0.5) is 0 Å². The molecule has 0 N–H and O–H groups in total. The van der Waals surface area contributed by atoms with Gasteiger partial charge in [0, 0.05) is 0 Å². The highest BCUT2D eigenvalue weighted by molar-refractivity contribution is 5.64. The first-order chi connectivity index (χ1) is 9.35. The number of hydrogen-bond donors (Lipinski definition) is 0. The lowest BCUT2D eigenvalue weighted by atomic mass is 9.82. The van der Waals surface area contributed by atoms with Gasteiger partial charge in [-0.1, -0.05) is 81.8 Å². The Morgan fingerprint density at radius 1 is 0.800 bits per heavy atom. The zero-order valence-corrected chi connectivity index (χ0v) is 13.4. The third kappa shape index (κ3) is 3.96. The highest BCUT2D eigenvalue weighted by atomic mass is 14.2. The minimum atomic E-state index is 0.384. The zero-order chi connectivity index (χ0) is 14.8. The van der Waals surface area contributed by atoms with Crippen LogP contribution in [0, 0.1) is 12.3 Å². The Kier molecular flexibility index (Phi) is 4.32. The van der Waals surface area contributed by atoms with Gasteiger partial charge < -0.3 is 0 Å². The molecule has 0 spiro atoms. The Bertz CT molecular complexity index is 538. The number of rotatable bonds is 3. The van der Waals surface area contributed by atoms with Gasteiger partial charge in [-0.25, -0.2) is 0 Å². The van der Waals surface area contributed by atoms with Gasteiger partial charge in [0.25, 0.3) is 0 Å². The van der Waals surface area contributed by atoms with E-state index in [1.807, 2.05) is 0 Å². The van der Waals surface area contributed by atoms with Gasteiger partial charge in [-0.3, -0.25) is 0 Å². The Labute approximate surface area is 123 Å². The van der Waals surface area contributed by atoms with Crippen molar-refractivity contribution in [1.29, 1.82) is 0 Å². The molecular weight excluding hydrogens is 240 g/mol. The van der Waals surface area contributed by atoms with Crippen LogP contribution in [0.2, 0.25) is 0 Å². The minimum absolute atomic E-state index is 0.384. The van der Waals surface area contributed by atoms with E-state index in [2.05, 4.69) is 83.1 Å². The summed E-state index contributed by atoms with van der Waals surface area (Å²) in [5.41, 5.74) is 5.73. The first-order valence-electron chi connectivity index (χ1n) is 7.52.